The number of hydrogen-bond acceptors (Lipinski definition) is 7. The molecule has 7 nitrogen and oxygen atoms in total. The van der Waals surface area contributed by atoms with Crippen LogP contribution in [0.1, 0.15) is 44.5 Å². The molecule has 0 aliphatic carbocycles. The summed E-state index contributed by atoms with van der Waals surface area (Å²) < 4.78 is 28.4. The lowest BCUT2D eigenvalue weighted by Crippen LogP contribution is -2.41. The summed E-state index contributed by atoms with van der Waals surface area (Å²) in [5.41, 5.74) is 0.0762. The molecule has 29 heavy (non-hydrogen) atoms. The summed E-state index contributed by atoms with van der Waals surface area (Å²) >= 11 is 0. The molecule has 2 aliphatic heterocycles. The van der Waals surface area contributed by atoms with Gasteiger partial charge in [-0.3, -0.25) is 4.90 Å². The first-order valence-electron chi connectivity index (χ1n) is 10.2. The van der Waals surface area contributed by atoms with Crippen molar-refractivity contribution in [3.8, 4) is 5.75 Å². The van der Waals surface area contributed by atoms with Crippen LogP contribution in [0.4, 0.5) is 0 Å². The highest BCUT2D eigenvalue weighted by molar-refractivity contribution is 6.63. The number of carbonyl (C=O) groups excluding carboxylic acids is 1. The molecule has 0 spiro atoms. The van der Waals surface area contributed by atoms with Crippen LogP contribution in [-0.4, -0.2) is 75.8 Å². The molecule has 2 heterocycles. The number of benzene rings is 1. The minimum absolute atomic E-state index is 0.400. The molecule has 160 valence electrons. The third kappa shape index (κ3) is 5.12. The van der Waals surface area contributed by atoms with Crippen molar-refractivity contribution in [2.24, 2.45) is 0 Å². The van der Waals surface area contributed by atoms with Crippen molar-refractivity contribution in [3.63, 3.8) is 0 Å². The Hall–Kier alpha value is -1.61. The maximum Gasteiger partial charge on any atom is 0.495 e. The van der Waals surface area contributed by atoms with Gasteiger partial charge in [0.25, 0.3) is 0 Å². The van der Waals surface area contributed by atoms with Crippen LogP contribution in [0.2, 0.25) is 0 Å². The quantitative estimate of drug-likeness (QED) is 0.390. The number of hydrogen-bond donors (Lipinski definition) is 0. The molecule has 0 atom stereocenters. The van der Waals surface area contributed by atoms with Gasteiger partial charge < -0.3 is 23.5 Å². The standard InChI is InChI=1S/C21H32BNO6/c1-20(2)21(3,4)29-22(28-20)18-8-7-16(15-17(18)19(24)25-5)27-12-6-9-23-10-13-26-14-11-23/h7-8,15H,6,9-14H2,1-5H3. The number of ether oxygens (including phenoxy) is 3. The summed E-state index contributed by atoms with van der Waals surface area (Å²) in [4.78, 5) is 14.8. The van der Waals surface area contributed by atoms with E-state index >= 15 is 0 Å². The van der Waals surface area contributed by atoms with E-state index < -0.39 is 24.3 Å². The Kier molecular flexibility index (Phi) is 6.89. The van der Waals surface area contributed by atoms with Crippen molar-refractivity contribution >= 4 is 18.6 Å². The van der Waals surface area contributed by atoms with E-state index in [-0.39, 0.29) is 0 Å². The molecule has 8 heteroatoms. The molecule has 0 unspecified atom stereocenters. The number of carbonyl (C=O) groups is 1. The number of esters is 1. The number of morpholine rings is 1. The molecule has 0 aromatic heterocycles. The van der Waals surface area contributed by atoms with Gasteiger partial charge in [-0.1, -0.05) is 6.07 Å². The van der Waals surface area contributed by atoms with E-state index in [9.17, 15) is 4.79 Å². The predicted octanol–water partition coefficient (Wildman–Crippen LogP) is 1.87. The Labute approximate surface area is 173 Å². The summed E-state index contributed by atoms with van der Waals surface area (Å²) in [6, 6.07) is 5.38. The van der Waals surface area contributed by atoms with Crippen LogP contribution < -0.4 is 10.2 Å². The SMILES string of the molecule is COC(=O)c1cc(OCCCN2CCOCC2)ccc1B1OC(C)(C)C(C)(C)O1. The van der Waals surface area contributed by atoms with E-state index in [1.165, 1.54) is 7.11 Å². The Morgan fingerprint density at radius 1 is 1.14 bits per heavy atom. The molecule has 1 aromatic rings. The monoisotopic (exact) mass is 405 g/mol. The Morgan fingerprint density at radius 3 is 2.41 bits per heavy atom. The molecule has 0 amide bonds. The van der Waals surface area contributed by atoms with Gasteiger partial charge in [0.05, 0.1) is 43.7 Å². The fraction of sp³-hybridized carbons (Fsp3) is 0.667. The second-order valence-electron chi connectivity index (χ2n) is 8.48. The smallest absolute Gasteiger partial charge is 0.494 e. The summed E-state index contributed by atoms with van der Waals surface area (Å²) in [6.07, 6.45) is 0.909. The van der Waals surface area contributed by atoms with Crippen LogP contribution in [0.5, 0.6) is 5.75 Å². The van der Waals surface area contributed by atoms with Crippen LogP contribution in [-0.2, 0) is 18.8 Å². The van der Waals surface area contributed by atoms with Gasteiger partial charge in [-0.2, -0.15) is 0 Å². The largest absolute Gasteiger partial charge is 0.495 e. The number of methoxy groups -OCH3 is 1. The zero-order valence-electron chi connectivity index (χ0n) is 18.2. The lowest BCUT2D eigenvalue weighted by atomic mass is 9.76. The van der Waals surface area contributed by atoms with Gasteiger partial charge in [-0.15, -0.1) is 0 Å². The molecule has 0 bridgehead atoms. The van der Waals surface area contributed by atoms with Crippen molar-refractivity contribution < 1.29 is 28.3 Å². The van der Waals surface area contributed by atoms with Gasteiger partial charge in [0.2, 0.25) is 0 Å². The highest BCUT2D eigenvalue weighted by atomic mass is 16.7. The third-order valence-electron chi connectivity index (χ3n) is 5.93. The van der Waals surface area contributed by atoms with E-state index in [1.807, 2.05) is 39.8 Å². The first-order chi connectivity index (χ1) is 13.7. The van der Waals surface area contributed by atoms with Gasteiger partial charge in [-0.25, -0.2) is 4.79 Å². The molecule has 1 aromatic carbocycles. The van der Waals surface area contributed by atoms with E-state index in [0.29, 0.717) is 23.4 Å². The Morgan fingerprint density at radius 2 is 1.79 bits per heavy atom. The maximum atomic E-state index is 12.4. The van der Waals surface area contributed by atoms with Gasteiger partial charge in [-0.05, 0) is 51.7 Å². The third-order valence-corrected chi connectivity index (χ3v) is 5.93. The summed E-state index contributed by atoms with van der Waals surface area (Å²) in [7, 11) is 0.733. The van der Waals surface area contributed by atoms with E-state index in [0.717, 1.165) is 39.3 Å². The first kappa shape index (κ1) is 22.1. The van der Waals surface area contributed by atoms with Crippen LogP contribution in [0.3, 0.4) is 0 Å². The van der Waals surface area contributed by atoms with Gasteiger partial charge in [0.1, 0.15) is 5.75 Å². The normalized spacial score (nSPS) is 21.2. The van der Waals surface area contributed by atoms with Gasteiger partial charge in [0.15, 0.2) is 0 Å². The number of rotatable bonds is 7. The molecule has 2 saturated heterocycles. The summed E-state index contributed by atoms with van der Waals surface area (Å²) in [5, 5.41) is 0. The summed E-state index contributed by atoms with van der Waals surface area (Å²) in [5.74, 6) is 0.195. The van der Waals surface area contributed by atoms with Gasteiger partial charge in [0, 0.05) is 19.6 Å². The first-order valence-corrected chi connectivity index (χ1v) is 10.2. The lowest BCUT2D eigenvalue weighted by molar-refractivity contribution is 0.00578. The molecule has 2 aliphatic rings. The molecular weight excluding hydrogens is 373 g/mol. The lowest BCUT2D eigenvalue weighted by Gasteiger charge is -2.32. The van der Waals surface area contributed by atoms with Crippen molar-refractivity contribution in [3.05, 3.63) is 23.8 Å². The van der Waals surface area contributed by atoms with Crippen LogP contribution in [0.25, 0.3) is 0 Å². The van der Waals surface area contributed by atoms with Crippen molar-refractivity contribution in [2.75, 3.05) is 46.6 Å². The number of nitrogens with zero attached hydrogens (tertiary/aromatic N) is 1. The summed E-state index contributed by atoms with van der Waals surface area (Å²) in [6.45, 7) is 13.0. The molecule has 3 rings (SSSR count). The van der Waals surface area contributed by atoms with Crippen LogP contribution in [0, 0.1) is 0 Å². The van der Waals surface area contributed by atoms with E-state index in [2.05, 4.69) is 4.90 Å². The average molecular weight is 405 g/mol. The minimum Gasteiger partial charge on any atom is -0.494 e. The highest BCUT2D eigenvalue weighted by Crippen LogP contribution is 2.37. The average Bonchev–Trinajstić information content (AvgIpc) is 2.92. The molecule has 2 fully saturated rings. The molecule has 0 saturated carbocycles. The maximum absolute atomic E-state index is 12.4. The second kappa shape index (κ2) is 9.04. The van der Waals surface area contributed by atoms with Crippen LogP contribution >= 0.6 is 0 Å². The van der Waals surface area contributed by atoms with E-state index in [1.54, 1.807) is 6.07 Å². The van der Waals surface area contributed by atoms with Crippen molar-refractivity contribution in [2.45, 2.75) is 45.3 Å². The minimum atomic E-state index is -0.635. The molecule has 0 N–H and O–H groups in total. The Bertz CT molecular complexity index is 701. The fourth-order valence-electron chi connectivity index (χ4n) is 3.39. The Balaban J connectivity index is 1.66. The van der Waals surface area contributed by atoms with Crippen LogP contribution in [0.15, 0.2) is 18.2 Å². The second-order valence-corrected chi connectivity index (χ2v) is 8.48. The van der Waals surface area contributed by atoms with Gasteiger partial charge >= 0.3 is 13.1 Å². The molecular formula is C21H32BNO6. The van der Waals surface area contributed by atoms with E-state index in [4.69, 9.17) is 23.5 Å². The highest BCUT2D eigenvalue weighted by Gasteiger charge is 2.52. The van der Waals surface area contributed by atoms with Crippen molar-refractivity contribution in [1.82, 2.24) is 4.90 Å². The predicted molar refractivity (Wildman–Crippen MR) is 111 cm³/mol. The fourth-order valence-corrected chi connectivity index (χ4v) is 3.39. The van der Waals surface area contributed by atoms with Crippen molar-refractivity contribution in [1.29, 1.82) is 0 Å². The molecule has 0 radical (unpaired) electrons. The topological polar surface area (TPSA) is 66.5 Å². The zero-order valence-corrected chi connectivity index (χ0v) is 18.2. The zero-order chi connectivity index (χ0) is 21.1.